The summed E-state index contributed by atoms with van der Waals surface area (Å²) >= 11 is 0. The molecule has 0 saturated heterocycles. The molecule has 1 aromatic heterocycles. The summed E-state index contributed by atoms with van der Waals surface area (Å²) in [4.78, 5) is 11.6. The zero-order valence-electron chi connectivity index (χ0n) is 14.5. The number of rotatable bonds is 6. The van der Waals surface area contributed by atoms with Crippen molar-refractivity contribution in [3.05, 3.63) is 59.7 Å². The summed E-state index contributed by atoms with van der Waals surface area (Å²) in [6.07, 6.45) is -3.33. The normalized spacial score (nSPS) is 11.6. The van der Waals surface area contributed by atoms with Gasteiger partial charge in [-0.05, 0) is 29.8 Å². The Morgan fingerprint density at radius 3 is 2.52 bits per heavy atom. The van der Waals surface area contributed by atoms with Crippen LogP contribution in [-0.4, -0.2) is 24.5 Å². The molecule has 0 fully saturated rings. The lowest BCUT2D eigenvalue weighted by Gasteiger charge is -2.10. The number of benzene rings is 2. The van der Waals surface area contributed by atoms with Crippen molar-refractivity contribution in [2.24, 2.45) is 5.14 Å². The molecule has 8 nitrogen and oxygen atoms in total. The lowest BCUT2D eigenvalue weighted by molar-refractivity contribution is -0.115. The lowest BCUT2D eigenvalue weighted by Crippen LogP contribution is -2.17. The highest BCUT2D eigenvalue weighted by molar-refractivity contribution is 7.89. The van der Waals surface area contributed by atoms with Crippen molar-refractivity contribution < 1.29 is 30.8 Å². The minimum absolute atomic E-state index is 0.0349. The Kier molecular flexibility index (Phi) is 5.66. The van der Waals surface area contributed by atoms with Gasteiger partial charge in [0, 0.05) is 5.69 Å². The molecule has 1 amide bonds. The molecular weight excluding hydrogens is 413 g/mol. The van der Waals surface area contributed by atoms with E-state index in [0.717, 1.165) is 6.07 Å². The van der Waals surface area contributed by atoms with E-state index in [0.29, 0.717) is 0 Å². The second-order valence-corrected chi connectivity index (χ2v) is 7.35. The molecule has 29 heavy (non-hydrogen) atoms. The molecule has 0 aliphatic rings. The molecule has 12 heteroatoms. The number of amides is 1. The van der Waals surface area contributed by atoms with E-state index in [2.05, 4.69) is 15.5 Å². The minimum Gasteiger partial charge on any atom is -0.415 e. The highest BCUT2D eigenvalue weighted by Crippen LogP contribution is 2.30. The van der Waals surface area contributed by atoms with Crippen LogP contribution in [0.2, 0.25) is 0 Å². The summed E-state index contributed by atoms with van der Waals surface area (Å²) in [6, 6.07) is 9.15. The maximum absolute atomic E-state index is 13.7. The molecule has 0 aliphatic heterocycles. The number of primary sulfonamides is 1. The number of anilines is 1. The smallest absolute Gasteiger partial charge is 0.314 e. The fraction of sp³-hybridized carbons (Fsp3) is 0.118. The first kappa shape index (κ1) is 20.5. The molecule has 0 saturated carbocycles. The fourth-order valence-corrected chi connectivity index (χ4v) is 3.22. The number of nitrogens with two attached hydrogens (primary N) is 1. The number of aromatic nitrogens is 2. The van der Waals surface area contributed by atoms with Crippen LogP contribution >= 0.6 is 0 Å². The fourth-order valence-electron chi connectivity index (χ4n) is 2.46. The highest BCUT2D eigenvalue weighted by Gasteiger charge is 2.23. The van der Waals surface area contributed by atoms with Gasteiger partial charge < -0.3 is 9.73 Å². The van der Waals surface area contributed by atoms with E-state index in [-0.39, 0.29) is 23.2 Å². The van der Waals surface area contributed by atoms with Crippen LogP contribution in [0.25, 0.3) is 11.5 Å². The third-order valence-electron chi connectivity index (χ3n) is 3.74. The van der Waals surface area contributed by atoms with Crippen molar-refractivity contribution in [1.29, 1.82) is 0 Å². The standard InChI is InChI=1S/C17H13F3N4O4S/c18-12-4-2-1-3-9(12)7-14(25)22-10-5-6-11(13(8-10)29(21,26)27)16-23-24-17(28-16)15(19)20/h1-6,8,15H,7H2,(H,22,25)(H2,21,26,27). The summed E-state index contributed by atoms with van der Waals surface area (Å²) in [5.74, 6) is -2.63. The Balaban J connectivity index is 1.89. The van der Waals surface area contributed by atoms with Crippen LogP contribution in [0.3, 0.4) is 0 Å². The minimum atomic E-state index is -4.34. The second kappa shape index (κ2) is 8.01. The first-order chi connectivity index (χ1) is 13.6. The Labute approximate surface area is 162 Å². The van der Waals surface area contributed by atoms with Gasteiger partial charge in [0.1, 0.15) is 5.82 Å². The van der Waals surface area contributed by atoms with Crippen LogP contribution in [0.5, 0.6) is 0 Å². The van der Waals surface area contributed by atoms with E-state index < -0.39 is 44.9 Å². The van der Waals surface area contributed by atoms with Crippen molar-refractivity contribution in [2.45, 2.75) is 17.7 Å². The summed E-state index contributed by atoms with van der Waals surface area (Å²) in [5.41, 5.74) is -0.0228. The molecule has 0 spiro atoms. The van der Waals surface area contributed by atoms with Crippen molar-refractivity contribution in [3.63, 3.8) is 0 Å². The average molecular weight is 426 g/mol. The molecular formula is C17H13F3N4O4S. The summed E-state index contributed by atoms with van der Waals surface area (Å²) in [5, 5.41) is 14.1. The second-order valence-electron chi connectivity index (χ2n) is 5.82. The molecule has 3 aromatic rings. The number of hydrogen-bond donors (Lipinski definition) is 2. The summed E-state index contributed by atoms with van der Waals surface area (Å²) in [6.45, 7) is 0. The van der Waals surface area contributed by atoms with Crippen molar-refractivity contribution in [1.82, 2.24) is 10.2 Å². The third kappa shape index (κ3) is 4.78. The summed E-state index contributed by atoms with van der Waals surface area (Å²) < 4.78 is 67.5. The summed E-state index contributed by atoms with van der Waals surface area (Å²) in [7, 11) is -4.34. The van der Waals surface area contributed by atoms with Gasteiger partial charge >= 0.3 is 6.43 Å². The molecule has 0 atom stereocenters. The van der Waals surface area contributed by atoms with Gasteiger partial charge in [0.15, 0.2) is 0 Å². The van der Waals surface area contributed by atoms with Gasteiger partial charge in [0.05, 0.1) is 16.9 Å². The zero-order valence-corrected chi connectivity index (χ0v) is 15.3. The maximum atomic E-state index is 13.7. The molecule has 0 radical (unpaired) electrons. The highest BCUT2D eigenvalue weighted by atomic mass is 32.2. The first-order valence-electron chi connectivity index (χ1n) is 7.97. The van der Waals surface area contributed by atoms with Crippen LogP contribution in [0.1, 0.15) is 17.9 Å². The van der Waals surface area contributed by atoms with E-state index in [9.17, 15) is 26.4 Å². The number of halogens is 3. The maximum Gasteiger partial charge on any atom is 0.314 e. The first-order valence-corrected chi connectivity index (χ1v) is 9.52. The Hall–Kier alpha value is -3.25. The quantitative estimate of drug-likeness (QED) is 0.624. The van der Waals surface area contributed by atoms with Gasteiger partial charge in [-0.15, -0.1) is 10.2 Å². The molecule has 152 valence electrons. The number of sulfonamides is 1. The number of hydrogen-bond acceptors (Lipinski definition) is 6. The molecule has 1 heterocycles. The van der Waals surface area contributed by atoms with Crippen LogP contribution < -0.4 is 10.5 Å². The number of alkyl halides is 2. The molecule has 0 aliphatic carbocycles. The SMILES string of the molecule is NS(=O)(=O)c1cc(NC(=O)Cc2ccccc2F)ccc1-c1nnc(C(F)F)o1. The van der Waals surface area contributed by atoms with E-state index >= 15 is 0 Å². The van der Waals surface area contributed by atoms with Gasteiger partial charge in [0.2, 0.25) is 21.8 Å². The molecule has 3 N–H and O–H groups in total. The van der Waals surface area contributed by atoms with Gasteiger partial charge in [-0.25, -0.2) is 17.9 Å². The molecule has 0 bridgehead atoms. The molecule has 2 aromatic carbocycles. The number of nitrogens with one attached hydrogen (secondary N) is 1. The van der Waals surface area contributed by atoms with E-state index in [4.69, 9.17) is 9.56 Å². The van der Waals surface area contributed by atoms with E-state index in [1.807, 2.05) is 0 Å². The Morgan fingerprint density at radius 1 is 1.17 bits per heavy atom. The monoisotopic (exact) mass is 426 g/mol. The molecule has 0 unspecified atom stereocenters. The average Bonchev–Trinajstić information content (AvgIpc) is 3.13. The number of nitrogens with zero attached hydrogens (tertiary/aromatic N) is 2. The largest absolute Gasteiger partial charge is 0.415 e. The van der Waals surface area contributed by atoms with Gasteiger partial charge in [-0.1, -0.05) is 18.2 Å². The van der Waals surface area contributed by atoms with Crippen molar-refractivity contribution in [2.75, 3.05) is 5.32 Å². The van der Waals surface area contributed by atoms with Gasteiger partial charge in [-0.3, -0.25) is 4.79 Å². The van der Waals surface area contributed by atoms with Gasteiger partial charge in [-0.2, -0.15) is 8.78 Å². The predicted molar refractivity (Wildman–Crippen MR) is 94.8 cm³/mol. The number of carbonyl (C=O) groups is 1. The molecule has 3 rings (SSSR count). The zero-order chi connectivity index (χ0) is 21.2. The van der Waals surface area contributed by atoms with E-state index in [1.54, 1.807) is 6.07 Å². The third-order valence-corrected chi connectivity index (χ3v) is 4.69. The predicted octanol–water partition coefficient (Wildman–Crippen LogP) is 2.64. The number of carbonyl (C=O) groups excluding carboxylic acids is 1. The topological polar surface area (TPSA) is 128 Å². The van der Waals surface area contributed by atoms with Crippen LogP contribution in [-0.2, 0) is 21.2 Å². The van der Waals surface area contributed by atoms with Crippen molar-refractivity contribution >= 4 is 21.6 Å². The lowest BCUT2D eigenvalue weighted by atomic mass is 10.1. The van der Waals surface area contributed by atoms with Crippen molar-refractivity contribution in [3.8, 4) is 11.5 Å². The van der Waals surface area contributed by atoms with Crippen LogP contribution in [0.15, 0.2) is 51.8 Å². The van der Waals surface area contributed by atoms with Gasteiger partial charge in [0.25, 0.3) is 5.89 Å². The van der Waals surface area contributed by atoms with Crippen LogP contribution in [0, 0.1) is 5.82 Å². The Morgan fingerprint density at radius 2 is 1.90 bits per heavy atom. The van der Waals surface area contributed by atoms with E-state index in [1.165, 1.54) is 30.3 Å². The Bertz CT molecular complexity index is 1160. The van der Waals surface area contributed by atoms with Crippen LogP contribution in [0.4, 0.5) is 18.9 Å².